The Labute approximate surface area is 94.4 Å². The zero-order chi connectivity index (χ0) is 11.5. The Hall–Kier alpha value is -0.520. The molecule has 0 aromatic rings. The zero-order valence-corrected chi connectivity index (χ0v) is 10.5. The zero-order valence-electron chi connectivity index (χ0n) is 10.5. The summed E-state index contributed by atoms with van der Waals surface area (Å²) in [7, 11) is 0. The van der Waals surface area contributed by atoms with E-state index in [1.165, 1.54) is 6.42 Å². The first-order valence-electron chi connectivity index (χ1n) is 5.97. The third-order valence-electron chi connectivity index (χ3n) is 3.68. The van der Waals surface area contributed by atoms with Crippen molar-refractivity contribution in [1.29, 1.82) is 0 Å². The molecule has 1 N–H and O–H groups in total. The van der Waals surface area contributed by atoms with Crippen LogP contribution in [0.5, 0.6) is 0 Å². The van der Waals surface area contributed by atoms with E-state index in [1.54, 1.807) is 0 Å². The van der Waals surface area contributed by atoms with Crippen molar-refractivity contribution in [2.75, 3.05) is 19.6 Å². The minimum absolute atomic E-state index is 0.103. The fourth-order valence-electron chi connectivity index (χ4n) is 2.04. The van der Waals surface area contributed by atoms with E-state index >= 15 is 0 Å². The van der Waals surface area contributed by atoms with Crippen LogP contribution in [0.25, 0.3) is 0 Å². The summed E-state index contributed by atoms with van der Waals surface area (Å²) < 4.78 is 0. The van der Waals surface area contributed by atoms with Gasteiger partial charge in [-0.05, 0) is 19.8 Å². The van der Waals surface area contributed by atoms with Crippen LogP contribution in [-0.2, 0) is 0 Å². The van der Waals surface area contributed by atoms with Gasteiger partial charge in [0.15, 0.2) is 0 Å². The molecule has 2 unspecified atom stereocenters. The third-order valence-corrected chi connectivity index (χ3v) is 3.68. The monoisotopic (exact) mass is 208 g/mol. The lowest BCUT2D eigenvalue weighted by Gasteiger charge is -2.42. The molecule has 0 bridgehead atoms. The van der Waals surface area contributed by atoms with Gasteiger partial charge in [0.25, 0.3) is 0 Å². The van der Waals surface area contributed by atoms with E-state index < -0.39 is 0 Å². The van der Waals surface area contributed by atoms with E-state index in [1.807, 2.05) is 0 Å². The van der Waals surface area contributed by atoms with Gasteiger partial charge in [0.05, 0.1) is 5.54 Å². The van der Waals surface area contributed by atoms with Crippen molar-refractivity contribution >= 4 is 0 Å². The van der Waals surface area contributed by atoms with E-state index in [-0.39, 0.29) is 5.54 Å². The van der Waals surface area contributed by atoms with E-state index in [4.69, 9.17) is 6.42 Å². The molecule has 2 atom stereocenters. The molecule has 0 aromatic carbocycles. The summed E-state index contributed by atoms with van der Waals surface area (Å²) >= 11 is 0. The molecule has 0 aliphatic carbocycles. The standard InChI is InChI=1S/C13H24N2/c1-6-11(3)12-10-15(9-8-14-12)13(4,5)7-2/h2,11-12,14H,6,8-10H2,1,3-5H3. The molecular formula is C13H24N2. The van der Waals surface area contributed by atoms with E-state index in [2.05, 4.69) is 43.8 Å². The predicted octanol–water partition coefficient (Wildman–Crippen LogP) is 1.72. The van der Waals surface area contributed by atoms with Crippen LogP contribution in [0.2, 0.25) is 0 Å². The third kappa shape index (κ3) is 2.96. The topological polar surface area (TPSA) is 15.3 Å². The smallest absolute Gasteiger partial charge is 0.0767 e. The summed E-state index contributed by atoms with van der Waals surface area (Å²) in [5.74, 6) is 3.61. The second kappa shape index (κ2) is 5.01. The van der Waals surface area contributed by atoms with Crippen molar-refractivity contribution in [2.24, 2.45) is 5.92 Å². The quantitative estimate of drug-likeness (QED) is 0.710. The highest BCUT2D eigenvalue weighted by atomic mass is 15.2. The SMILES string of the molecule is C#CC(C)(C)N1CCNC(C(C)CC)C1. The maximum absolute atomic E-state index is 5.58. The lowest BCUT2D eigenvalue weighted by molar-refractivity contribution is 0.104. The second-order valence-electron chi connectivity index (χ2n) is 5.10. The Bertz CT molecular complexity index is 239. The van der Waals surface area contributed by atoms with Crippen molar-refractivity contribution < 1.29 is 0 Å². The van der Waals surface area contributed by atoms with Crippen molar-refractivity contribution in [3.05, 3.63) is 0 Å². The highest BCUT2D eigenvalue weighted by Gasteiger charge is 2.31. The van der Waals surface area contributed by atoms with Gasteiger partial charge in [-0.3, -0.25) is 4.90 Å². The lowest BCUT2D eigenvalue weighted by Crippen LogP contribution is -2.58. The predicted molar refractivity (Wildman–Crippen MR) is 65.7 cm³/mol. The highest BCUT2D eigenvalue weighted by Crippen LogP contribution is 2.19. The number of nitrogens with one attached hydrogen (secondary N) is 1. The van der Waals surface area contributed by atoms with Gasteiger partial charge in [-0.1, -0.05) is 26.2 Å². The fraction of sp³-hybridized carbons (Fsp3) is 0.846. The Kier molecular flexibility index (Phi) is 4.19. The highest BCUT2D eigenvalue weighted by molar-refractivity contribution is 5.09. The molecule has 1 aliphatic heterocycles. The lowest BCUT2D eigenvalue weighted by atomic mass is 9.94. The molecule has 1 rings (SSSR count). The Morgan fingerprint density at radius 1 is 1.60 bits per heavy atom. The van der Waals surface area contributed by atoms with Crippen LogP contribution in [0.15, 0.2) is 0 Å². The first-order valence-corrected chi connectivity index (χ1v) is 5.97. The van der Waals surface area contributed by atoms with Crippen molar-refractivity contribution in [3.63, 3.8) is 0 Å². The molecule has 1 saturated heterocycles. The maximum Gasteiger partial charge on any atom is 0.0767 e. The molecule has 86 valence electrons. The van der Waals surface area contributed by atoms with Gasteiger partial charge in [-0.2, -0.15) is 0 Å². The second-order valence-corrected chi connectivity index (χ2v) is 5.10. The van der Waals surface area contributed by atoms with Crippen molar-refractivity contribution in [2.45, 2.75) is 45.7 Å². The first-order chi connectivity index (χ1) is 7.01. The number of terminal acetylenes is 1. The molecule has 0 amide bonds. The number of hydrogen-bond acceptors (Lipinski definition) is 2. The van der Waals surface area contributed by atoms with Gasteiger partial charge in [-0.15, -0.1) is 6.42 Å². The summed E-state index contributed by atoms with van der Waals surface area (Å²) in [5.41, 5.74) is -0.103. The van der Waals surface area contributed by atoms with Crippen LogP contribution in [0.4, 0.5) is 0 Å². The molecule has 0 spiro atoms. The summed E-state index contributed by atoms with van der Waals surface area (Å²) in [6, 6.07) is 0.594. The Morgan fingerprint density at radius 3 is 2.80 bits per heavy atom. The Balaban J connectivity index is 2.61. The molecule has 15 heavy (non-hydrogen) atoms. The summed E-state index contributed by atoms with van der Waals surface area (Å²) in [6.45, 7) is 12.0. The summed E-state index contributed by atoms with van der Waals surface area (Å²) in [4.78, 5) is 2.42. The number of nitrogens with zero attached hydrogens (tertiary/aromatic N) is 1. The molecule has 0 saturated carbocycles. The van der Waals surface area contributed by atoms with Crippen LogP contribution >= 0.6 is 0 Å². The van der Waals surface area contributed by atoms with Crippen LogP contribution < -0.4 is 5.32 Å². The van der Waals surface area contributed by atoms with Gasteiger partial charge in [-0.25, -0.2) is 0 Å². The molecule has 0 aromatic heterocycles. The fourth-order valence-corrected chi connectivity index (χ4v) is 2.04. The van der Waals surface area contributed by atoms with E-state index in [0.29, 0.717) is 6.04 Å². The molecular weight excluding hydrogens is 184 g/mol. The average Bonchev–Trinajstić information content (AvgIpc) is 2.28. The van der Waals surface area contributed by atoms with E-state index in [9.17, 15) is 0 Å². The minimum Gasteiger partial charge on any atom is -0.311 e. The van der Waals surface area contributed by atoms with Crippen LogP contribution in [0.1, 0.15) is 34.1 Å². The molecule has 1 aliphatic rings. The summed E-state index contributed by atoms with van der Waals surface area (Å²) in [6.07, 6.45) is 6.80. The average molecular weight is 208 g/mol. The molecule has 0 radical (unpaired) electrons. The van der Waals surface area contributed by atoms with Gasteiger partial charge in [0.2, 0.25) is 0 Å². The largest absolute Gasteiger partial charge is 0.311 e. The van der Waals surface area contributed by atoms with E-state index in [0.717, 1.165) is 25.6 Å². The molecule has 1 heterocycles. The number of piperazine rings is 1. The van der Waals surface area contributed by atoms with Gasteiger partial charge in [0, 0.05) is 25.7 Å². The molecule has 2 heteroatoms. The van der Waals surface area contributed by atoms with Crippen LogP contribution in [0.3, 0.4) is 0 Å². The van der Waals surface area contributed by atoms with Crippen molar-refractivity contribution in [3.8, 4) is 12.3 Å². The van der Waals surface area contributed by atoms with Crippen LogP contribution in [-0.4, -0.2) is 36.1 Å². The normalized spacial score (nSPS) is 25.9. The first kappa shape index (κ1) is 12.5. The minimum atomic E-state index is -0.103. The number of rotatable bonds is 3. The Morgan fingerprint density at radius 2 is 2.27 bits per heavy atom. The number of hydrogen-bond donors (Lipinski definition) is 1. The van der Waals surface area contributed by atoms with Gasteiger partial charge in [0.1, 0.15) is 0 Å². The van der Waals surface area contributed by atoms with Gasteiger partial charge < -0.3 is 5.32 Å². The molecule has 2 nitrogen and oxygen atoms in total. The van der Waals surface area contributed by atoms with Crippen LogP contribution in [0, 0.1) is 18.3 Å². The summed E-state index contributed by atoms with van der Waals surface area (Å²) in [5, 5.41) is 3.59. The molecule has 1 fully saturated rings. The maximum atomic E-state index is 5.58. The van der Waals surface area contributed by atoms with Crippen molar-refractivity contribution in [1.82, 2.24) is 10.2 Å². The van der Waals surface area contributed by atoms with Gasteiger partial charge >= 0.3 is 0 Å².